The van der Waals surface area contributed by atoms with Gasteiger partial charge in [0.2, 0.25) is 5.91 Å². The monoisotopic (exact) mass is 370 g/mol. The number of benzene rings is 1. The molecule has 0 aliphatic carbocycles. The summed E-state index contributed by atoms with van der Waals surface area (Å²) in [6.45, 7) is 1.07. The van der Waals surface area contributed by atoms with Gasteiger partial charge in [0.15, 0.2) is 0 Å². The van der Waals surface area contributed by atoms with E-state index in [-0.39, 0.29) is 11.8 Å². The molecular formula is C18H19ClN6O. The van der Waals surface area contributed by atoms with Gasteiger partial charge in [-0.3, -0.25) is 9.78 Å². The van der Waals surface area contributed by atoms with Crippen LogP contribution in [0.1, 0.15) is 23.6 Å². The molecule has 3 aromatic rings. The molecule has 0 bridgehead atoms. The predicted molar refractivity (Wildman–Crippen MR) is 97.6 cm³/mol. The standard InChI is InChI=1S/C18H19ClN6O/c19-16-6-4-14(5-7-16)15(12-25-13-22-23-24-25)11-18(26)21-10-8-17-3-1-2-9-20-17/h1-7,9,13,15H,8,10-12H2,(H,21,26). The van der Waals surface area contributed by atoms with Crippen molar-refractivity contribution in [2.45, 2.75) is 25.3 Å². The van der Waals surface area contributed by atoms with E-state index in [1.165, 1.54) is 0 Å². The molecule has 1 amide bonds. The molecule has 0 aliphatic rings. The molecule has 0 aliphatic heterocycles. The number of nitrogens with zero attached hydrogens (tertiary/aromatic N) is 5. The molecule has 2 heterocycles. The number of pyridine rings is 1. The van der Waals surface area contributed by atoms with E-state index in [9.17, 15) is 4.79 Å². The molecule has 0 radical (unpaired) electrons. The van der Waals surface area contributed by atoms with Gasteiger partial charge in [-0.15, -0.1) is 5.10 Å². The van der Waals surface area contributed by atoms with Crippen LogP contribution in [0.4, 0.5) is 0 Å². The molecule has 1 N–H and O–H groups in total. The lowest BCUT2D eigenvalue weighted by atomic mass is 9.95. The molecule has 1 atom stereocenters. The van der Waals surface area contributed by atoms with Crippen molar-refractivity contribution in [1.29, 1.82) is 0 Å². The average molecular weight is 371 g/mol. The van der Waals surface area contributed by atoms with E-state index in [0.717, 1.165) is 11.3 Å². The SMILES string of the molecule is O=C(CC(Cn1cnnn1)c1ccc(Cl)cc1)NCCc1ccccn1. The van der Waals surface area contributed by atoms with Crippen LogP contribution in [0, 0.1) is 0 Å². The molecule has 7 nitrogen and oxygen atoms in total. The second-order valence-electron chi connectivity index (χ2n) is 5.91. The maximum absolute atomic E-state index is 12.4. The minimum absolute atomic E-state index is 0.0195. The molecule has 0 saturated heterocycles. The third-order valence-corrected chi connectivity index (χ3v) is 4.25. The highest BCUT2D eigenvalue weighted by Crippen LogP contribution is 2.23. The van der Waals surface area contributed by atoms with Crippen LogP contribution in [-0.2, 0) is 17.8 Å². The summed E-state index contributed by atoms with van der Waals surface area (Å²) in [5, 5.41) is 14.8. The van der Waals surface area contributed by atoms with Gasteiger partial charge in [0.25, 0.3) is 0 Å². The number of hydrogen-bond donors (Lipinski definition) is 1. The molecule has 1 aromatic carbocycles. The summed E-state index contributed by atoms with van der Waals surface area (Å²) in [6, 6.07) is 13.3. The molecule has 134 valence electrons. The quantitative estimate of drug-likeness (QED) is 0.657. The highest BCUT2D eigenvalue weighted by molar-refractivity contribution is 6.30. The van der Waals surface area contributed by atoms with Gasteiger partial charge in [-0.1, -0.05) is 29.8 Å². The Morgan fingerprint density at radius 2 is 2.04 bits per heavy atom. The van der Waals surface area contributed by atoms with Crippen LogP contribution in [0.15, 0.2) is 55.0 Å². The summed E-state index contributed by atoms with van der Waals surface area (Å²) >= 11 is 5.97. The first-order valence-corrected chi connectivity index (χ1v) is 8.71. The third kappa shape index (κ3) is 5.35. The summed E-state index contributed by atoms with van der Waals surface area (Å²) in [5.41, 5.74) is 1.97. The molecule has 0 fully saturated rings. The van der Waals surface area contributed by atoms with Gasteiger partial charge in [-0.25, -0.2) is 4.68 Å². The average Bonchev–Trinajstić information content (AvgIpc) is 3.16. The Morgan fingerprint density at radius 1 is 1.19 bits per heavy atom. The second-order valence-corrected chi connectivity index (χ2v) is 6.34. The number of amides is 1. The summed E-state index contributed by atoms with van der Waals surface area (Å²) in [4.78, 5) is 16.6. The Hall–Kier alpha value is -2.80. The minimum atomic E-state index is -0.0504. The maximum atomic E-state index is 12.4. The molecule has 0 spiro atoms. The first-order chi connectivity index (χ1) is 12.7. The number of carbonyl (C=O) groups is 1. The van der Waals surface area contributed by atoms with Crippen molar-refractivity contribution in [2.75, 3.05) is 6.54 Å². The molecule has 0 saturated carbocycles. The van der Waals surface area contributed by atoms with E-state index < -0.39 is 0 Å². The van der Waals surface area contributed by atoms with E-state index in [1.54, 1.807) is 17.2 Å². The van der Waals surface area contributed by atoms with E-state index in [2.05, 4.69) is 25.8 Å². The first kappa shape index (κ1) is 18.0. The number of aromatic nitrogens is 5. The lowest BCUT2D eigenvalue weighted by Crippen LogP contribution is -2.28. The Kier molecular flexibility index (Phi) is 6.27. The Balaban J connectivity index is 1.59. The molecule has 26 heavy (non-hydrogen) atoms. The van der Waals surface area contributed by atoms with Crippen LogP contribution < -0.4 is 5.32 Å². The predicted octanol–water partition coefficient (Wildman–Crippen LogP) is 2.25. The van der Waals surface area contributed by atoms with E-state index >= 15 is 0 Å². The molecule has 1 unspecified atom stereocenters. The van der Waals surface area contributed by atoms with Crippen LogP contribution >= 0.6 is 11.6 Å². The Bertz CT molecular complexity index is 807. The summed E-state index contributed by atoms with van der Waals surface area (Å²) in [6.07, 6.45) is 4.33. The zero-order valence-corrected chi connectivity index (χ0v) is 14.9. The van der Waals surface area contributed by atoms with Gasteiger partial charge in [-0.05, 0) is 40.3 Å². The number of halogens is 1. The van der Waals surface area contributed by atoms with Crippen LogP contribution in [0.2, 0.25) is 5.02 Å². The lowest BCUT2D eigenvalue weighted by Gasteiger charge is -2.17. The second kappa shape index (κ2) is 9.05. The van der Waals surface area contributed by atoms with Crippen molar-refractivity contribution in [3.63, 3.8) is 0 Å². The van der Waals surface area contributed by atoms with Crippen LogP contribution in [0.3, 0.4) is 0 Å². The lowest BCUT2D eigenvalue weighted by molar-refractivity contribution is -0.121. The van der Waals surface area contributed by atoms with E-state index in [4.69, 9.17) is 11.6 Å². The van der Waals surface area contributed by atoms with Crippen LogP contribution in [0.25, 0.3) is 0 Å². The molecular weight excluding hydrogens is 352 g/mol. The minimum Gasteiger partial charge on any atom is -0.356 e. The van der Waals surface area contributed by atoms with Gasteiger partial charge in [0, 0.05) is 42.2 Å². The summed E-state index contributed by atoms with van der Waals surface area (Å²) in [7, 11) is 0. The first-order valence-electron chi connectivity index (χ1n) is 8.33. The largest absolute Gasteiger partial charge is 0.356 e. The van der Waals surface area contributed by atoms with Gasteiger partial charge < -0.3 is 5.32 Å². The highest BCUT2D eigenvalue weighted by Gasteiger charge is 2.17. The fourth-order valence-corrected chi connectivity index (χ4v) is 2.81. The Morgan fingerprint density at radius 3 is 2.73 bits per heavy atom. The van der Waals surface area contributed by atoms with Gasteiger partial charge in [0.1, 0.15) is 6.33 Å². The van der Waals surface area contributed by atoms with Crippen molar-refractivity contribution >= 4 is 17.5 Å². The number of hydrogen-bond acceptors (Lipinski definition) is 5. The van der Waals surface area contributed by atoms with Crippen LogP contribution in [-0.4, -0.2) is 37.6 Å². The topological polar surface area (TPSA) is 85.6 Å². The smallest absolute Gasteiger partial charge is 0.220 e. The number of rotatable bonds is 8. The molecule has 3 rings (SSSR count). The molecule has 2 aromatic heterocycles. The highest BCUT2D eigenvalue weighted by atomic mass is 35.5. The fourth-order valence-electron chi connectivity index (χ4n) is 2.68. The molecule has 8 heteroatoms. The van der Waals surface area contributed by atoms with Gasteiger partial charge in [-0.2, -0.15) is 0 Å². The van der Waals surface area contributed by atoms with Crippen molar-refractivity contribution in [1.82, 2.24) is 30.5 Å². The zero-order chi connectivity index (χ0) is 18.2. The number of carbonyl (C=O) groups excluding carboxylic acids is 1. The summed E-state index contributed by atoms with van der Waals surface area (Å²) in [5.74, 6) is -0.0698. The zero-order valence-electron chi connectivity index (χ0n) is 14.1. The van der Waals surface area contributed by atoms with E-state index in [1.807, 2.05) is 42.5 Å². The third-order valence-electron chi connectivity index (χ3n) is 4.00. The number of tetrazole rings is 1. The maximum Gasteiger partial charge on any atom is 0.220 e. The van der Waals surface area contributed by atoms with Crippen molar-refractivity contribution in [3.05, 3.63) is 71.3 Å². The van der Waals surface area contributed by atoms with Gasteiger partial charge in [0.05, 0.1) is 6.54 Å². The van der Waals surface area contributed by atoms with Crippen molar-refractivity contribution in [3.8, 4) is 0 Å². The van der Waals surface area contributed by atoms with Gasteiger partial charge >= 0.3 is 0 Å². The number of nitrogens with one attached hydrogen (secondary N) is 1. The Labute approximate surface area is 156 Å². The van der Waals surface area contributed by atoms with Crippen molar-refractivity contribution < 1.29 is 4.79 Å². The normalized spacial score (nSPS) is 11.9. The van der Waals surface area contributed by atoms with Crippen LogP contribution in [0.5, 0.6) is 0 Å². The fraction of sp³-hybridized carbons (Fsp3) is 0.278. The van der Waals surface area contributed by atoms with E-state index in [0.29, 0.717) is 31.0 Å². The van der Waals surface area contributed by atoms with Crippen molar-refractivity contribution in [2.24, 2.45) is 0 Å². The summed E-state index contributed by atoms with van der Waals surface area (Å²) < 4.78 is 1.63.